The molecule has 1 fully saturated rings. The fourth-order valence-corrected chi connectivity index (χ4v) is 2.36. The molecule has 0 aromatic heterocycles. The minimum atomic E-state index is -0.726. The van der Waals surface area contributed by atoms with Crippen molar-refractivity contribution in [2.24, 2.45) is 0 Å². The summed E-state index contributed by atoms with van der Waals surface area (Å²) in [6.45, 7) is 2.56. The number of hydrogen-bond donors (Lipinski definition) is 1. The molecule has 1 aromatic carbocycles. The molecule has 1 heterocycles. The van der Waals surface area contributed by atoms with E-state index in [0.29, 0.717) is 19.8 Å². The average molecular weight is 328 g/mol. The summed E-state index contributed by atoms with van der Waals surface area (Å²) in [5.41, 5.74) is 0.107. The number of carbonyl (C=O) groups excluding carboxylic acids is 1. The van der Waals surface area contributed by atoms with Crippen LogP contribution in [0.25, 0.3) is 0 Å². The minimum absolute atomic E-state index is 0.107. The summed E-state index contributed by atoms with van der Waals surface area (Å²) in [6, 6.07) is 2.91. The van der Waals surface area contributed by atoms with Crippen LogP contribution >= 0.6 is 0 Å². The maximum Gasteiger partial charge on any atom is 0.238 e. The van der Waals surface area contributed by atoms with Crippen molar-refractivity contribution in [3.8, 4) is 0 Å². The highest BCUT2D eigenvalue weighted by Crippen LogP contribution is 2.13. The number of amides is 1. The van der Waals surface area contributed by atoms with E-state index in [1.54, 1.807) is 11.9 Å². The first-order chi connectivity index (χ1) is 11.0. The van der Waals surface area contributed by atoms with Crippen molar-refractivity contribution >= 4 is 11.6 Å². The number of hydrogen-bond acceptors (Lipinski definition) is 4. The lowest BCUT2D eigenvalue weighted by Crippen LogP contribution is -2.33. The predicted octanol–water partition coefficient (Wildman–Crippen LogP) is 2.03. The van der Waals surface area contributed by atoms with Crippen molar-refractivity contribution in [1.29, 1.82) is 0 Å². The van der Waals surface area contributed by atoms with E-state index < -0.39 is 11.6 Å². The van der Waals surface area contributed by atoms with Crippen LogP contribution in [0.1, 0.15) is 12.8 Å². The highest BCUT2D eigenvalue weighted by Gasteiger charge is 2.15. The number of nitrogens with zero attached hydrogens (tertiary/aromatic N) is 1. The number of likely N-dealkylation sites (N-methyl/N-ethyl adjacent to an activating group) is 1. The van der Waals surface area contributed by atoms with E-state index in [1.165, 1.54) is 0 Å². The van der Waals surface area contributed by atoms with E-state index >= 15 is 0 Å². The third-order valence-corrected chi connectivity index (χ3v) is 3.50. The molecule has 0 radical (unpaired) electrons. The fraction of sp³-hybridized carbons (Fsp3) is 0.562. The van der Waals surface area contributed by atoms with Gasteiger partial charge in [-0.25, -0.2) is 8.78 Å². The lowest BCUT2D eigenvalue weighted by atomic mass is 10.2. The molecular weight excluding hydrogens is 306 g/mol. The van der Waals surface area contributed by atoms with Crippen molar-refractivity contribution in [3.05, 3.63) is 29.8 Å². The largest absolute Gasteiger partial charge is 0.377 e. The molecule has 0 bridgehead atoms. The van der Waals surface area contributed by atoms with Crippen molar-refractivity contribution in [3.63, 3.8) is 0 Å². The van der Waals surface area contributed by atoms with Gasteiger partial charge < -0.3 is 14.8 Å². The molecule has 0 spiro atoms. The number of halogens is 2. The first kappa shape index (κ1) is 17.8. The second-order valence-corrected chi connectivity index (χ2v) is 5.65. The van der Waals surface area contributed by atoms with Crippen LogP contribution in [0.2, 0.25) is 0 Å². The topological polar surface area (TPSA) is 50.8 Å². The van der Waals surface area contributed by atoms with E-state index in [0.717, 1.165) is 37.6 Å². The lowest BCUT2D eigenvalue weighted by molar-refractivity contribution is -0.117. The molecule has 1 atom stereocenters. The summed E-state index contributed by atoms with van der Waals surface area (Å²) in [6.07, 6.45) is 2.29. The first-order valence-corrected chi connectivity index (χ1v) is 7.67. The molecule has 1 aliphatic heterocycles. The second-order valence-electron chi connectivity index (χ2n) is 5.65. The number of carbonyl (C=O) groups is 1. The van der Waals surface area contributed by atoms with Crippen LogP contribution in [0.5, 0.6) is 0 Å². The molecule has 7 heteroatoms. The Hall–Kier alpha value is -1.57. The molecule has 23 heavy (non-hydrogen) atoms. The van der Waals surface area contributed by atoms with Gasteiger partial charge in [-0.3, -0.25) is 9.69 Å². The first-order valence-electron chi connectivity index (χ1n) is 7.67. The smallest absolute Gasteiger partial charge is 0.238 e. The molecule has 1 aromatic rings. The van der Waals surface area contributed by atoms with E-state index in [1.807, 2.05) is 0 Å². The maximum atomic E-state index is 13.0. The van der Waals surface area contributed by atoms with Gasteiger partial charge in [0.25, 0.3) is 0 Å². The van der Waals surface area contributed by atoms with Crippen molar-refractivity contribution in [2.75, 3.05) is 45.3 Å². The van der Waals surface area contributed by atoms with Crippen molar-refractivity contribution in [2.45, 2.75) is 18.9 Å². The molecule has 0 aliphatic carbocycles. The van der Waals surface area contributed by atoms with Crippen LogP contribution in [0.15, 0.2) is 18.2 Å². The molecular formula is C16H22F2N2O3. The van der Waals surface area contributed by atoms with Crippen LogP contribution in [-0.4, -0.2) is 56.9 Å². The molecule has 1 amide bonds. The van der Waals surface area contributed by atoms with Gasteiger partial charge in [-0.1, -0.05) is 0 Å². The summed E-state index contributed by atoms with van der Waals surface area (Å²) >= 11 is 0. The monoisotopic (exact) mass is 328 g/mol. The Bertz CT molecular complexity index is 502. The van der Waals surface area contributed by atoms with E-state index in [9.17, 15) is 13.6 Å². The Labute approximate surface area is 134 Å². The Morgan fingerprint density at radius 3 is 2.78 bits per heavy atom. The molecule has 0 unspecified atom stereocenters. The van der Waals surface area contributed by atoms with Crippen LogP contribution in [0.4, 0.5) is 14.5 Å². The SMILES string of the molecule is CN(CCOC[C@H]1CCCO1)CC(=O)Nc1cc(F)cc(F)c1. The molecule has 5 nitrogen and oxygen atoms in total. The van der Waals surface area contributed by atoms with Crippen LogP contribution in [0, 0.1) is 11.6 Å². The number of ether oxygens (including phenoxy) is 2. The van der Waals surface area contributed by atoms with E-state index in [4.69, 9.17) is 9.47 Å². The van der Waals surface area contributed by atoms with Crippen LogP contribution in [0.3, 0.4) is 0 Å². The summed E-state index contributed by atoms with van der Waals surface area (Å²) < 4.78 is 37.1. The molecule has 1 N–H and O–H groups in total. The van der Waals surface area contributed by atoms with E-state index in [2.05, 4.69) is 5.32 Å². The van der Waals surface area contributed by atoms with Crippen molar-refractivity contribution < 1.29 is 23.0 Å². The molecule has 1 saturated heterocycles. The summed E-state index contributed by atoms with van der Waals surface area (Å²) in [4.78, 5) is 13.6. The number of benzene rings is 1. The second kappa shape index (κ2) is 8.90. The van der Waals surface area contributed by atoms with E-state index in [-0.39, 0.29) is 24.2 Å². The molecule has 128 valence electrons. The minimum Gasteiger partial charge on any atom is -0.377 e. The lowest BCUT2D eigenvalue weighted by Gasteiger charge is -2.17. The van der Waals surface area contributed by atoms with Gasteiger partial charge in [0.2, 0.25) is 5.91 Å². The third-order valence-electron chi connectivity index (χ3n) is 3.50. The van der Waals surface area contributed by atoms with Crippen molar-refractivity contribution in [1.82, 2.24) is 4.90 Å². The average Bonchev–Trinajstić information content (AvgIpc) is 2.95. The molecule has 1 aliphatic rings. The highest BCUT2D eigenvalue weighted by atomic mass is 19.1. The quantitative estimate of drug-likeness (QED) is 0.742. The number of rotatable bonds is 8. The fourth-order valence-electron chi connectivity index (χ4n) is 2.36. The number of nitrogens with one attached hydrogen (secondary N) is 1. The van der Waals surface area contributed by atoms with Crippen LogP contribution in [-0.2, 0) is 14.3 Å². The van der Waals surface area contributed by atoms with Gasteiger partial charge in [0.1, 0.15) is 11.6 Å². The molecule has 2 rings (SSSR count). The Morgan fingerprint density at radius 1 is 1.39 bits per heavy atom. The summed E-state index contributed by atoms with van der Waals surface area (Å²) in [5.74, 6) is -1.79. The van der Waals surface area contributed by atoms with Crippen LogP contribution < -0.4 is 5.32 Å². The van der Waals surface area contributed by atoms with Gasteiger partial charge in [0.15, 0.2) is 0 Å². The summed E-state index contributed by atoms with van der Waals surface area (Å²) in [5, 5.41) is 2.47. The zero-order valence-corrected chi connectivity index (χ0v) is 13.2. The van der Waals surface area contributed by atoms with Gasteiger partial charge in [-0.2, -0.15) is 0 Å². The summed E-state index contributed by atoms with van der Waals surface area (Å²) in [7, 11) is 1.78. The third kappa shape index (κ3) is 6.60. The van der Waals surface area contributed by atoms with Gasteiger partial charge in [-0.15, -0.1) is 0 Å². The van der Waals surface area contributed by atoms with Gasteiger partial charge >= 0.3 is 0 Å². The predicted molar refractivity (Wildman–Crippen MR) is 82.3 cm³/mol. The Kier molecular flexibility index (Phi) is 6.88. The molecule has 0 saturated carbocycles. The Morgan fingerprint density at radius 2 is 2.13 bits per heavy atom. The van der Waals surface area contributed by atoms with Gasteiger partial charge in [0.05, 0.1) is 25.9 Å². The van der Waals surface area contributed by atoms with Gasteiger partial charge in [0, 0.05) is 24.9 Å². The highest BCUT2D eigenvalue weighted by molar-refractivity contribution is 5.92. The van der Waals surface area contributed by atoms with Gasteiger partial charge in [-0.05, 0) is 32.0 Å². The maximum absolute atomic E-state index is 13.0. The zero-order valence-electron chi connectivity index (χ0n) is 13.2. The standard InChI is InChI=1S/C16H22F2N2O3/c1-20(4-6-22-11-15-3-2-5-23-15)10-16(21)19-14-8-12(17)7-13(18)9-14/h7-9,15H,2-6,10-11H2,1H3,(H,19,21)/t15-/m1/s1. The number of anilines is 1. The normalized spacial score (nSPS) is 17.7. The Balaban J connectivity index is 1.63. The zero-order chi connectivity index (χ0) is 16.7.